The van der Waals surface area contributed by atoms with Gasteiger partial charge in [-0.2, -0.15) is 5.26 Å². The average Bonchev–Trinajstić information content (AvgIpc) is 2.71. The van der Waals surface area contributed by atoms with E-state index in [0.717, 1.165) is 18.9 Å². The van der Waals surface area contributed by atoms with E-state index in [2.05, 4.69) is 16.0 Å². The van der Waals surface area contributed by atoms with Crippen LogP contribution in [0.15, 0.2) is 12.3 Å². The molecule has 1 aromatic heterocycles. The molecule has 1 fully saturated rings. The molecular weight excluding hydrogens is 162 g/mol. The lowest BCUT2D eigenvalue weighted by Gasteiger charge is -2.15. The maximum absolute atomic E-state index is 8.56. The van der Waals surface area contributed by atoms with Crippen LogP contribution in [-0.4, -0.2) is 18.1 Å². The first-order valence-corrected chi connectivity index (χ1v) is 4.43. The van der Waals surface area contributed by atoms with Gasteiger partial charge in [-0.15, -0.1) is 0 Å². The van der Waals surface area contributed by atoms with Crippen LogP contribution in [0.1, 0.15) is 18.4 Å². The topological polar surface area (TPSA) is 39.9 Å². The van der Waals surface area contributed by atoms with E-state index in [1.807, 2.05) is 6.07 Å². The van der Waals surface area contributed by atoms with Crippen molar-refractivity contribution < 1.29 is 0 Å². The van der Waals surface area contributed by atoms with Crippen LogP contribution in [0.2, 0.25) is 0 Å². The molecule has 0 bridgehead atoms. The van der Waals surface area contributed by atoms with Gasteiger partial charge in [0, 0.05) is 25.4 Å². The molecule has 65 valence electrons. The fourth-order valence-corrected chi connectivity index (χ4v) is 1.53. The highest BCUT2D eigenvalue weighted by molar-refractivity contribution is 5.41. The Bertz CT molecular complexity index is 317. The Balaban J connectivity index is 2.18. The fourth-order valence-electron chi connectivity index (χ4n) is 1.53. The molecule has 13 heavy (non-hydrogen) atoms. The van der Waals surface area contributed by atoms with E-state index >= 15 is 0 Å². The third-order valence-corrected chi connectivity index (χ3v) is 2.23. The summed E-state index contributed by atoms with van der Waals surface area (Å²) in [5, 5.41) is 8.56. The first kappa shape index (κ1) is 8.06. The minimum atomic E-state index is 0.503. The first-order chi connectivity index (χ1) is 6.40. The molecular formula is C10H10N3. The molecule has 1 aliphatic rings. The van der Waals surface area contributed by atoms with Gasteiger partial charge in [0.2, 0.25) is 0 Å². The van der Waals surface area contributed by atoms with Crippen molar-refractivity contribution in [2.75, 3.05) is 18.0 Å². The zero-order chi connectivity index (χ0) is 9.10. The summed E-state index contributed by atoms with van der Waals surface area (Å²) in [7, 11) is 0. The van der Waals surface area contributed by atoms with Crippen LogP contribution in [0.4, 0.5) is 5.82 Å². The van der Waals surface area contributed by atoms with Crippen molar-refractivity contribution in [3.8, 4) is 6.07 Å². The SMILES string of the molecule is N#Cc1[c]cc(N2CCCC2)nc1. The summed E-state index contributed by atoms with van der Waals surface area (Å²) in [5.41, 5.74) is 0.503. The second-order valence-corrected chi connectivity index (χ2v) is 3.12. The van der Waals surface area contributed by atoms with Gasteiger partial charge in [-0.1, -0.05) is 0 Å². The van der Waals surface area contributed by atoms with Crippen molar-refractivity contribution >= 4 is 5.82 Å². The Morgan fingerprint density at radius 1 is 1.46 bits per heavy atom. The Morgan fingerprint density at radius 2 is 2.23 bits per heavy atom. The molecule has 0 spiro atoms. The molecule has 0 saturated carbocycles. The fraction of sp³-hybridized carbons (Fsp3) is 0.400. The standard InChI is InChI=1S/C10H10N3/c11-7-9-3-4-10(12-8-9)13-5-1-2-6-13/h4,8H,1-2,5-6H2. The number of rotatable bonds is 1. The van der Waals surface area contributed by atoms with Crippen LogP contribution < -0.4 is 4.90 Å². The number of aromatic nitrogens is 1. The predicted molar refractivity (Wildman–Crippen MR) is 49.2 cm³/mol. The lowest BCUT2D eigenvalue weighted by Crippen LogP contribution is -2.18. The van der Waals surface area contributed by atoms with E-state index in [9.17, 15) is 0 Å². The maximum Gasteiger partial charge on any atom is 0.129 e. The summed E-state index contributed by atoms with van der Waals surface area (Å²) in [4.78, 5) is 6.42. The van der Waals surface area contributed by atoms with Gasteiger partial charge >= 0.3 is 0 Å². The number of hydrogen-bond acceptors (Lipinski definition) is 3. The Hall–Kier alpha value is -1.56. The van der Waals surface area contributed by atoms with Crippen LogP contribution >= 0.6 is 0 Å². The molecule has 0 N–H and O–H groups in total. The highest BCUT2D eigenvalue weighted by Gasteiger charge is 2.12. The normalized spacial score (nSPS) is 15.8. The maximum atomic E-state index is 8.56. The van der Waals surface area contributed by atoms with Crippen molar-refractivity contribution in [3.05, 3.63) is 23.9 Å². The summed E-state index contributed by atoms with van der Waals surface area (Å²) in [6, 6.07) is 6.70. The third-order valence-electron chi connectivity index (χ3n) is 2.23. The van der Waals surface area contributed by atoms with Crippen LogP contribution in [0, 0.1) is 17.4 Å². The molecule has 0 unspecified atom stereocenters. The molecule has 2 rings (SSSR count). The monoisotopic (exact) mass is 172 g/mol. The minimum Gasteiger partial charge on any atom is -0.357 e. The van der Waals surface area contributed by atoms with Crippen molar-refractivity contribution in [3.63, 3.8) is 0 Å². The smallest absolute Gasteiger partial charge is 0.129 e. The average molecular weight is 172 g/mol. The molecule has 0 aromatic carbocycles. The number of hydrogen-bond donors (Lipinski definition) is 0. The number of anilines is 1. The Morgan fingerprint density at radius 3 is 2.77 bits per heavy atom. The molecule has 2 heterocycles. The summed E-state index contributed by atoms with van der Waals surface area (Å²) < 4.78 is 0. The van der Waals surface area contributed by atoms with Gasteiger partial charge in [0.05, 0.1) is 5.56 Å². The second-order valence-electron chi connectivity index (χ2n) is 3.12. The van der Waals surface area contributed by atoms with E-state index in [1.165, 1.54) is 12.8 Å². The molecule has 3 heteroatoms. The van der Waals surface area contributed by atoms with Crippen LogP contribution in [-0.2, 0) is 0 Å². The number of pyridine rings is 1. The Kier molecular flexibility index (Phi) is 2.13. The molecule has 3 nitrogen and oxygen atoms in total. The molecule has 1 aliphatic heterocycles. The molecule has 0 atom stereocenters. The van der Waals surface area contributed by atoms with E-state index in [1.54, 1.807) is 12.3 Å². The Labute approximate surface area is 77.6 Å². The van der Waals surface area contributed by atoms with Crippen molar-refractivity contribution in [1.82, 2.24) is 4.98 Å². The van der Waals surface area contributed by atoms with Gasteiger partial charge in [-0.05, 0) is 18.9 Å². The molecule has 1 radical (unpaired) electrons. The van der Waals surface area contributed by atoms with E-state index in [0.29, 0.717) is 5.56 Å². The van der Waals surface area contributed by atoms with Gasteiger partial charge in [0.25, 0.3) is 0 Å². The summed E-state index contributed by atoms with van der Waals surface area (Å²) >= 11 is 0. The highest BCUT2D eigenvalue weighted by atomic mass is 15.2. The lowest BCUT2D eigenvalue weighted by molar-refractivity contribution is 0.936. The second kappa shape index (κ2) is 3.44. The van der Waals surface area contributed by atoms with E-state index in [4.69, 9.17) is 5.26 Å². The van der Waals surface area contributed by atoms with Gasteiger partial charge in [0.15, 0.2) is 0 Å². The molecule has 1 saturated heterocycles. The van der Waals surface area contributed by atoms with Crippen LogP contribution in [0.25, 0.3) is 0 Å². The quantitative estimate of drug-likeness (QED) is 0.642. The largest absolute Gasteiger partial charge is 0.357 e. The van der Waals surface area contributed by atoms with Crippen molar-refractivity contribution in [2.24, 2.45) is 0 Å². The summed E-state index contributed by atoms with van der Waals surface area (Å²) in [6.45, 7) is 2.15. The zero-order valence-electron chi connectivity index (χ0n) is 7.32. The molecule has 0 amide bonds. The van der Waals surface area contributed by atoms with Crippen molar-refractivity contribution in [1.29, 1.82) is 5.26 Å². The number of nitrogens with zero attached hydrogens (tertiary/aromatic N) is 3. The summed E-state index contributed by atoms with van der Waals surface area (Å²) in [5.74, 6) is 0.941. The minimum absolute atomic E-state index is 0.503. The van der Waals surface area contributed by atoms with E-state index < -0.39 is 0 Å². The van der Waals surface area contributed by atoms with Crippen LogP contribution in [0.5, 0.6) is 0 Å². The summed E-state index contributed by atoms with van der Waals surface area (Å²) in [6.07, 6.45) is 4.05. The van der Waals surface area contributed by atoms with Crippen molar-refractivity contribution in [2.45, 2.75) is 12.8 Å². The lowest BCUT2D eigenvalue weighted by atomic mass is 10.3. The first-order valence-electron chi connectivity index (χ1n) is 4.43. The predicted octanol–water partition coefficient (Wildman–Crippen LogP) is 1.35. The third kappa shape index (κ3) is 1.62. The highest BCUT2D eigenvalue weighted by Crippen LogP contribution is 2.16. The van der Waals surface area contributed by atoms with Gasteiger partial charge in [-0.3, -0.25) is 0 Å². The van der Waals surface area contributed by atoms with Gasteiger partial charge in [0.1, 0.15) is 11.9 Å². The van der Waals surface area contributed by atoms with Gasteiger partial charge < -0.3 is 4.90 Å². The van der Waals surface area contributed by atoms with E-state index in [-0.39, 0.29) is 0 Å². The number of nitriles is 1. The van der Waals surface area contributed by atoms with Crippen LogP contribution in [0.3, 0.4) is 0 Å². The van der Waals surface area contributed by atoms with Gasteiger partial charge in [-0.25, -0.2) is 4.98 Å². The molecule has 1 aromatic rings. The molecule has 0 aliphatic carbocycles. The zero-order valence-corrected chi connectivity index (χ0v) is 7.32.